The molecule has 2 aromatic rings. The first kappa shape index (κ1) is 12.1. The van der Waals surface area contributed by atoms with E-state index in [1.54, 1.807) is 0 Å². The lowest BCUT2D eigenvalue weighted by molar-refractivity contribution is 1.16. The number of anilines is 3. The van der Waals surface area contributed by atoms with Gasteiger partial charge in [0.2, 0.25) is 0 Å². The van der Waals surface area contributed by atoms with E-state index in [1.807, 2.05) is 31.3 Å². The maximum absolute atomic E-state index is 5.87. The fraction of sp³-hybridized carbons (Fsp3) is 0.0909. The second kappa shape index (κ2) is 5.33. The molecule has 0 bridgehead atoms. The third-order valence-corrected chi connectivity index (χ3v) is 3.01. The van der Waals surface area contributed by atoms with Crippen LogP contribution in [0, 0.1) is 0 Å². The Bertz CT molecular complexity index is 533. The first-order chi connectivity index (χ1) is 8.19. The zero-order valence-electron chi connectivity index (χ0n) is 9.04. The number of aromatic nitrogens is 2. The van der Waals surface area contributed by atoms with E-state index in [9.17, 15) is 0 Å². The first-order valence-electron chi connectivity index (χ1n) is 4.91. The molecule has 1 heterocycles. The third kappa shape index (κ3) is 3.08. The van der Waals surface area contributed by atoms with E-state index in [1.165, 1.54) is 6.33 Å². The second-order valence-corrected chi connectivity index (χ2v) is 4.58. The van der Waals surface area contributed by atoms with Crippen LogP contribution in [0.4, 0.5) is 17.3 Å². The molecule has 2 rings (SSSR count). The van der Waals surface area contributed by atoms with E-state index in [0.717, 1.165) is 16.0 Å². The van der Waals surface area contributed by atoms with Crippen LogP contribution in [0.2, 0.25) is 5.02 Å². The van der Waals surface area contributed by atoms with Gasteiger partial charge in [-0.15, -0.1) is 0 Å². The summed E-state index contributed by atoms with van der Waals surface area (Å²) in [5.41, 5.74) is 0.898. The highest BCUT2D eigenvalue weighted by molar-refractivity contribution is 9.10. The Hall–Kier alpha value is -1.33. The van der Waals surface area contributed by atoms with Crippen LogP contribution in [0.5, 0.6) is 0 Å². The van der Waals surface area contributed by atoms with Crippen LogP contribution in [0.1, 0.15) is 0 Å². The Morgan fingerprint density at radius 3 is 2.65 bits per heavy atom. The summed E-state index contributed by atoms with van der Waals surface area (Å²) in [5.74, 6) is 1.47. The Balaban J connectivity index is 2.25. The van der Waals surface area contributed by atoms with Crippen LogP contribution in [0.15, 0.2) is 35.1 Å². The van der Waals surface area contributed by atoms with Crippen molar-refractivity contribution < 1.29 is 0 Å². The van der Waals surface area contributed by atoms with E-state index < -0.39 is 0 Å². The summed E-state index contributed by atoms with van der Waals surface area (Å²) in [6, 6.07) is 7.34. The number of nitrogens with zero attached hydrogens (tertiary/aromatic N) is 2. The van der Waals surface area contributed by atoms with Gasteiger partial charge in [-0.1, -0.05) is 11.6 Å². The molecule has 0 amide bonds. The average molecular weight is 314 g/mol. The van der Waals surface area contributed by atoms with Crippen molar-refractivity contribution in [1.82, 2.24) is 9.97 Å². The molecule has 0 aliphatic carbocycles. The van der Waals surface area contributed by atoms with E-state index in [2.05, 4.69) is 36.5 Å². The molecule has 0 aliphatic heterocycles. The van der Waals surface area contributed by atoms with Gasteiger partial charge in [0, 0.05) is 22.6 Å². The van der Waals surface area contributed by atoms with Crippen molar-refractivity contribution in [2.24, 2.45) is 0 Å². The van der Waals surface area contributed by atoms with Gasteiger partial charge in [-0.3, -0.25) is 0 Å². The lowest BCUT2D eigenvalue weighted by Crippen LogP contribution is -1.98. The maximum atomic E-state index is 5.87. The van der Waals surface area contributed by atoms with Crippen molar-refractivity contribution in [2.75, 3.05) is 17.7 Å². The van der Waals surface area contributed by atoms with Crippen LogP contribution in [0.3, 0.4) is 0 Å². The lowest BCUT2D eigenvalue weighted by atomic mass is 10.3. The van der Waals surface area contributed by atoms with Gasteiger partial charge in [0.25, 0.3) is 0 Å². The summed E-state index contributed by atoms with van der Waals surface area (Å²) in [7, 11) is 1.81. The van der Waals surface area contributed by atoms with Gasteiger partial charge in [-0.05, 0) is 34.1 Å². The van der Waals surface area contributed by atoms with Gasteiger partial charge >= 0.3 is 0 Å². The molecule has 2 N–H and O–H groups in total. The standard InChI is InChI=1S/C11H10BrClN4/c1-14-10-5-11(16-6-15-10)17-9-3-2-7(13)4-8(9)12/h2-6H,1H3,(H2,14,15,16,17). The summed E-state index contributed by atoms with van der Waals surface area (Å²) in [6.45, 7) is 0. The number of benzene rings is 1. The fourth-order valence-corrected chi connectivity index (χ4v) is 2.07. The van der Waals surface area contributed by atoms with Crippen molar-refractivity contribution in [2.45, 2.75) is 0 Å². The van der Waals surface area contributed by atoms with Crippen molar-refractivity contribution >= 4 is 44.9 Å². The van der Waals surface area contributed by atoms with Crippen molar-refractivity contribution in [3.05, 3.63) is 40.1 Å². The molecule has 17 heavy (non-hydrogen) atoms. The zero-order chi connectivity index (χ0) is 12.3. The topological polar surface area (TPSA) is 49.8 Å². The zero-order valence-corrected chi connectivity index (χ0v) is 11.4. The lowest BCUT2D eigenvalue weighted by Gasteiger charge is -2.08. The molecule has 0 unspecified atom stereocenters. The molecule has 0 radical (unpaired) electrons. The van der Waals surface area contributed by atoms with Crippen LogP contribution in [-0.4, -0.2) is 17.0 Å². The van der Waals surface area contributed by atoms with Crippen LogP contribution in [0.25, 0.3) is 0 Å². The van der Waals surface area contributed by atoms with Crippen molar-refractivity contribution in [3.8, 4) is 0 Å². The Labute approximate surface area is 113 Å². The van der Waals surface area contributed by atoms with Gasteiger partial charge in [0.15, 0.2) is 0 Å². The van der Waals surface area contributed by atoms with Crippen LogP contribution < -0.4 is 10.6 Å². The Kier molecular flexibility index (Phi) is 3.81. The van der Waals surface area contributed by atoms with E-state index in [0.29, 0.717) is 10.8 Å². The molecular weight excluding hydrogens is 304 g/mol. The van der Waals surface area contributed by atoms with Gasteiger partial charge in [-0.2, -0.15) is 0 Å². The Morgan fingerprint density at radius 2 is 1.94 bits per heavy atom. The molecule has 1 aromatic carbocycles. The van der Waals surface area contributed by atoms with Gasteiger partial charge in [0.05, 0.1) is 5.69 Å². The van der Waals surface area contributed by atoms with Gasteiger partial charge in [-0.25, -0.2) is 9.97 Å². The van der Waals surface area contributed by atoms with Crippen molar-refractivity contribution in [3.63, 3.8) is 0 Å². The van der Waals surface area contributed by atoms with E-state index in [-0.39, 0.29) is 0 Å². The summed E-state index contributed by atoms with van der Waals surface area (Å²) >= 11 is 9.31. The Morgan fingerprint density at radius 1 is 1.18 bits per heavy atom. The SMILES string of the molecule is CNc1cc(Nc2ccc(Cl)cc2Br)ncn1. The fourth-order valence-electron chi connectivity index (χ4n) is 1.29. The number of nitrogens with one attached hydrogen (secondary N) is 2. The monoisotopic (exact) mass is 312 g/mol. The van der Waals surface area contributed by atoms with Crippen LogP contribution >= 0.6 is 27.5 Å². The summed E-state index contributed by atoms with van der Waals surface area (Å²) in [4.78, 5) is 8.17. The predicted octanol–water partition coefficient (Wildman–Crippen LogP) is 3.68. The highest BCUT2D eigenvalue weighted by Crippen LogP contribution is 2.28. The molecule has 88 valence electrons. The minimum Gasteiger partial charge on any atom is -0.373 e. The quantitative estimate of drug-likeness (QED) is 0.907. The highest BCUT2D eigenvalue weighted by atomic mass is 79.9. The molecule has 0 aliphatic rings. The van der Waals surface area contributed by atoms with Gasteiger partial charge in [0.1, 0.15) is 18.0 Å². The smallest absolute Gasteiger partial charge is 0.135 e. The number of hydrogen-bond donors (Lipinski definition) is 2. The molecule has 0 saturated carbocycles. The molecule has 0 fully saturated rings. The normalized spacial score (nSPS) is 10.1. The summed E-state index contributed by atoms with van der Waals surface area (Å²) < 4.78 is 0.884. The van der Waals surface area contributed by atoms with Crippen LogP contribution in [-0.2, 0) is 0 Å². The highest BCUT2D eigenvalue weighted by Gasteiger charge is 2.02. The third-order valence-electron chi connectivity index (χ3n) is 2.12. The maximum Gasteiger partial charge on any atom is 0.135 e. The predicted molar refractivity (Wildman–Crippen MR) is 74.0 cm³/mol. The summed E-state index contributed by atoms with van der Waals surface area (Å²) in [6.07, 6.45) is 1.50. The molecular formula is C11H10BrClN4. The van der Waals surface area contributed by atoms with Crippen molar-refractivity contribution in [1.29, 1.82) is 0 Å². The molecule has 0 saturated heterocycles. The average Bonchev–Trinajstić information content (AvgIpc) is 2.33. The van der Waals surface area contributed by atoms with Gasteiger partial charge < -0.3 is 10.6 Å². The van der Waals surface area contributed by atoms with E-state index in [4.69, 9.17) is 11.6 Å². The van der Waals surface area contributed by atoms with E-state index >= 15 is 0 Å². The molecule has 1 aromatic heterocycles. The summed E-state index contributed by atoms with van der Waals surface area (Å²) in [5, 5.41) is 6.81. The number of halogens is 2. The molecule has 6 heteroatoms. The minimum absolute atomic E-state index is 0.682. The molecule has 0 spiro atoms. The first-order valence-corrected chi connectivity index (χ1v) is 6.08. The minimum atomic E-state index is 0.682. The largest absolute Gasteiger partial charge is 0.373 e. The number of hydrogen-bond acceptors (Lipinski definition) is 4. The second-order valence-electron chi connectivity index (χ2n) is 3.29. The molecule has 0 atom stereocenters. The molecule has 4 nitrogen and oxygen atoms in total. The number of rotatable bonds is 3.